The summed E-state index contributed by atoms with van der Waals surface area (Å²) in [5.74, 6) is 0.152. The normalized spacial score (nSPS) is 10.2. The number of benzene rings is 1. The fourth-order valence-corrected chi connectivity index (χ4v) is 1.88. The second-order valence-electron chi connectivity index (χ2n) is 3.93. The van der Waals surface area contributed by atoms with Gasteiger partial charge in [-0.2, -0.15) is 4.98 Å². The zero-order valence-electron chi connectivity index (χ0n) is 10.6. The predicted molar refractivity (Wildman–Crippen MR) is 78.8 cm³/mol. The molecule has 0 fully saturated rings. The van der Waals surface area contributed by atoms with Crippen LogP contribution in [0, 0.1) is 0 Å². The van der Waals surface area contributed by atoms with Gasteiger partial charge in [0, 0.05) is 18.8 Å². The second kappa shape index (κ2) is 6.67. The number of hydrogen-bond donors (Lipinski definition) is 0. The van der Waals surface area contributed by atoms with E-state index in [0.717, 1.165) is 0 Å². The number of aromatic nitrogens is 2. The van der Waals surface area contributed by atoms with E-state index in [1.807, 2.05) is 18.2 Å². The number of rotatable bonds is 4. The Morgan fingerprint density at radius 3 is 2.80 bits per heavy atom. The topological polar surface area (TPSA) is 55.3 Å². The Bertz CT molecular complexity index is 610. The first-order valence-corrected chi connectivity index (χ1v) is 6.86. The van der Waals surface area contributed by atoms with Crippen molar-refractivity contribution in [3.8, 4) is 5.88 Å². The largest absolute Gasteiger partial charge is 0.455 e. The average Bonchev–Trinajstić information content (AvgIpc) is 2.48. The smallest absolute Gasteiger partial charge is 0.256 e. The first-order chi connectivity index (χ1) is 9.58. The minimum Gasteiger partial charge on any atom is -0.455 e. The maximum atomic E-state index is 12.1. The van der Waals surface area contributed by atoms with Gasteiger partial charge in [0.05, 0.1) is 4.47 Å². The Morgan fingerprint density at radius 2 is 2.10 bits per heavy atom. The molecule has 0 radical (unpaired) electrons. The van der Waals surface area contributed by atoms with Crippen LogP contribution in [-0.4, -0.2) is 34.6 Å². The Hall–Kier alpha value is -1.66. The van der Waals surface area contributed by atoms with Crippen LogP contribution < -0.4 is 4.74 Å². The van der Waals surface area contributed by atoms with Crippen LogP contribution in [0.5, 0.6) is 5.88 Å². The van der Waals surface area contributed by atoms with Crippen molar-refractivity contribution in [2.45, 2.75) is 0 Å². The lowest BCUT2D eigenvalue weighted by atomic mass is 10.2. The monoisotopic (exact) mass is 355 g/mol. The summed E-state index contributed by atoms with van der Waals surface area (Å²) >= 11 is 8.94. The molecule has 5 nitrogen and oxygen atoms in total. The molecule has 0 aliphatic carbocycles. The van der Waals surface area contributed by atoms with E-state index in [4.69, 9.17) is 16.3 Å². The summed E-state index contributed by atoms with van der Waals surface area (Å²) in [4.78, 5) is 21.3. The molecule has 0 unspecified atom stereocenters. The van der Waals surface area contributed by atoms with Crippen LogP contribution in [0.4, 0.5) is 0 Å². The van der Waals surface area contributed by atoms with Gasteiger partial charge >= 0.3 is 0 Å². The Labute approximate surface area is 129 Å². The van der Waals surface area contributed by atoms with Gasteiger partial charge in [-0.3, -0.25) is 4.79 Å². The number of hydrogen-bond acceptors (Lipinski definition) is 4. The van der Waals surface area contributed by atoms with Crippen LogP contribution in [-0.2, 0) is 0 Å². The highest BCUT2D eigenvalue weighted by atomic mass is 79.9. The van der Waals surface area contributed by atoms with Crippen LogP contribution in [0.2, 0.25) is 5.28 Å². The minimum absolute atomic E-state index is 0.0552. The van der Waals surface area contributed by atoms with Crippen molar-refractivity contribution in [2.24, 2.45) is 0 Å². The fraction of sp³-hybridized carbons (Fsp3) is 0.154. The zero-order chi connectivity index (χ0) is 14.5. The number of carbonyl (C=O) groups excluding carboxylic acids is 1. The highest BCUT2D eigenvalue weighted by Crippen LogP contribution is 2.22. The molecule has 1 aromatic heterocycles. The van der Waals surface area contributed by atoms with Gasteiger partial charge in [-0.15, -0.1) is 0 Å². The van der Waals surface area contributed by atoms with Crippen molar-refractivity contribution >= 4 is 33.4 Å². The maximum absolute atomic E-state index is 12.1. The second-order valence-corrected chi connectivity index (χ2v) is 5.13. The van der Waals surface area contributed by atoms with E-state index in [-0.39, 0.29) is 23.8 Å². The average molecular weight is 357 g/mol. The Morgan fingerprint density at radius 1 is 1.40 bits per heavy atom. The fourth-order valence-electron chi connectivity index (χ4n) is 1.45. The third kappa shape index (κ3) is 3.68. The summed E-state index contributed by atoms with van der Waals surface area (Å²) in [6.07, 6.45) is 1.49. The molecule has 2 aromatic rings. The molecule has 0 atom stereocenters. The molecule has 1 amide bonds. The zero-order valence-corrected chi connectivity index (χ0v) is 12.9. The van der Waals surface area contributed by atoms with Crippen LogP contribution in [0.25, 0.3) is 0 Å². The number of ether oxygens (including phenoxy) is 1. The lowest BCUT2D eigenvalue weighted by molar-refractivity contribution is 0.0658. The van der Waals surface area contributed by atoms with Crippen LogP contribution >= 0.6 is 27.5 Å². The quantitative estimate of drug-likeness (QED) is 0.624. The molecule has 2 rings (SSSR count). The van der Waals surface area contributed by atoms with Crippen molar-refractivity contribution in [1.82, 2.24) is 14.9 Å². The molecule has 0 spiro atoms. The van der Waals surface area contributed by atoms with Gasteiger partial charge in [0.25, 0.3) is 5.91 Å². The number of halogens is 2. The number of carbonyl (C=O) groups is 1. The lowest BCUT2D eigenvalue weighted by Crippen LogP contribution is -2.30. The molecular formula is C13H11BrClN3O2. The molecule has 104 valence electrons. The molecule has 7 heteroatoms. The van der Waals surface area contributed by atoms with Crippen LogP contribution in [0.3, 0.4) is 0 Å². The molecule has 0 N–H and O–H groups in total. The molecular weight excluding hydrogens is 346 g/mol. The van der Waals surface area contributed by atoms with Crippen molar-refractivity contribution in [2.75, 3.05) is 13.8 Å². The van der Waals surface area contributed by atoms with Gasteiger partial charge in [-0.25, -0.2) is 4.98 Å². The third-order valence-electron chi connectivity index (χ3n) is 2.44. The van der Waals surface area contributed by atoms with Gasteiger partial charge < -0.3 is 9.64 Å². The third-order valence-corrected chi connectivity index (χ3v) is 3.17. The molecule has 1 aromatic carbocycles. The minimum atomic E-state index is -0.137. The van der Waals surface area contributed by atoms with Gasteiger partial charge in [-0.1, -0.05) is 18.2 Å². The first-order valence-electron chi connectivity index (χ1n) is 5.69. The van der Waals surface area contributed by atoms with E-state index < -0.39 is 0 Å². The van der Waals surface area contributed by atoms with Crippen molar-refractivity contribution in [1.29, 1.82) is 0 Å². The highest BCUT2D eigenvalue weighted by Gasteiger charge is 2.13. The van der Waals surface area contributed by atoms with Crippen molar-refractivity contribution < 1.29 is 9.53 Å². The molecule has 0 aliphatic heterocycles. The van der Waals surface area contributed by atoms with Gasteiger partial charge in [-0.05, 0) is 39.7 Å². The molecule has 20 heavy (non-hydrogen) atoms. The standard InChI is InChI=1S/C13H11BrClN3O2/c1-18(12(19)9-5-3-2-4-6-9)8-20-11-10(14)7-16-13(15)17-11/h2-7H,8H2,1H3. The molecule has 1 heterocycles. The van der Waals surface area contributed by atoms with E-state index in [2.05, 4.69) is 25.9 Å². The van der Waals surface area contributed by atoms with Crippen LogP contribution in [0.1, 0.15) is 10.4 Å². The molecule has 0 saturated carbocycles. The lowest BCUT2D eigenvalue weighted by Gasteiger charge is -2.17. The summed E-state index contributed by atoms with van der Waals surface area (Å²) in [6.45, 7) is 0.0552. The molecule has 0 saturated heterocycles. The number of nitrogens with zero attached hydrogens (tertiary/aromatic N) is 3. The van der Waals surface area contributed by atoms with E-state index in [1.165, 1.54) is 11.1 Å². The van der Waals surface area contributed by atoms with E-state index in [1.54, 1.807) is 19.2 Å². The van der Waals surface area contributed by atoms with Gasteiger partial charge in [0.2, 0.25) is 11.2 Å². The highest BCUT2D eigenvalue weighted by molar-refractivity contribution is 9.10. The SMILES string of the molecule is CN(COc1nc(Cl)ncc1Br)C(=O)c1ccccc1. The Balaban J connectivity index is 2.00. The molecule has 0 aliphatic rings. The summed E-state index contributed by atoms with van der Waals surface area (Å²) in [5, 5.41) is 0.0836. The van der Waals surface area contributed by atoms with Gasteiger partial charge in [0.15, 0.2) is 6.73 Å². The Kier molecular flexibility index (Phi) is 4.92. The van der Waals surface area contributed by atoms with Crippen LogP contribution in [0.15, 0.2) is 41.0 Å². The number of amides is 1. The molecule has 0 bridgehead atoms. The summed E-state index contributed by atoms with van der Waals surface area (Å²) in [6, 6.07) is 8.96. The van der Waals surface area contributed by atoms with Crippen molar-refractivity contribution in [3.05, 3.63) is 51.8 Å². The van der Waals surface area contributed by atoms with Crippen molar-refractivity contribution in [3.63, 3.8) is 0 Å². The predicted octanol–water partition coefficient (Wildman–Crippen LogP) is 3.00. The van der Waals surface area contributed by atoms with E-state index in [9.17, 15) is 4.79 Å². The summed E-state index contributed by atoms with van der Waals surface area (Å²) in [5.41, 5.74) is 0.596. The summed E-state index contributed by atoms with van der Waals surface area (Å²) < 4.78 is 6.02. The first kappa shape index (κ1) is 14.7. The van der Waals surface area contributed by atoms with E-state index >= 15 is 0 Å². The summed E-state index contributed by atoms with van der Waals surface area (Å²) in [7, 11) is 1.64. The van der Waals surface area contributed by atoms with E-state index in [0.29, 0.717) is 10.0 Å². The van der Waals surface area contributed by atoms with Gasteiger partial charge in [0.1, 0.15) is 0 Å². The maximum Gasteiger partial charge on any atom is 0.256 e.